The van der Waals surface area contributed by atoms with Gasteiger partial charge in [-0.15, -0.1) is 0 Å². The first kappa shape index (κ1) is 27.8. The number of morpholine rings is 1. The Balaban J connectivity index is 1.56. The zero-order valence-electron chi connectivity index (χ0n) is 22.1. The molecule has 1 aliphatic carbocycles. The van der Waals surface area contributed by atoms with Gasteiger partial charge in [0.2, 0.25) is 20.9 Å². The van der Waals surface area contributed by atoms with E-state index >= 15 is 0 Å². The molecule has 2 aliphatic rings. The van der Waals surface area contributed by atoms with Crippen molar-refractivity contribution in [1.82, 2.24) is 19.4 Å². The van der Waals surface area contributed by atoms with Crippen LogP contribution in [0.5, 0.6) is 0 Å². The molecule has 37 heavy (non-hydrogen) atoms. The number of aryl methyl sites for hydroxylation is 1. The molecular formula is C27H40N4O5S. The topological polar surface area (TPSA) is 94.0 Å². The second-order valence-electron chi connectivity index (χ2n) is 10.1. The monoisotopic (exact) mass is 532 g/mol. The minimum atomic E-state index is -3.70. The van der Waals surface area contributed by atoms with Crippen molar-refractivity contribution in [2.24, 2.45) is 5.92 Å². The quantitative estimate of drug-likeness (QED) is 0.415. The Bertz CT molecular complexity index is 1120. The molecule has 2 fully saturated rings. The Hall–Kier alpha value is -2.27. The normalized spacial score (nSPS) is 17.4. The number of hydrogen-bond donors (Lipinski definition) is 0. The van der Waals surface area contributed by atoms with E-state index in [1.165, 1.54) is 0 Å². The number of carbonyl (C=O) groups excluding carboxylic acids is 1. The van der Waals surface area contributed by atoms with E-state index in [1.54, 1.807) is 17.9 Å². The lowest BCUT2D eigenvalue weighted by atomic mass is 10.1. The standard InChI is InChI=1S/C27H40N4O5S/c1-22-7-9-23(10-8-22)21-37(33,34)27-28-19-25(31(27)15-16-35-2)20-30(26(32)24-5-3-4-6-24)12-11-29-13-17-36-18-14-29/h7-10,19,24H,3-6,11-18,20-21H2,1-2H3. The lowest BCUT2D eigenvalue weighted by Gasteiger charge is -2.31. The second kappa shape index (κ2) is 13.0. The van der Waals surface area contributed by atoms with E-state index in [2.05, 4.69) is 9.88 Å². The van der Waals surface area contributed by atoms with Crippen LogP contribution < -0.4 is 0 Å². The fraction of sp³-hybridized carbons (Fsp3) is 0.630. The van der Waals surface area contributed by atoms with Crippen LogP contribution in [-0.4, -0.2) is 86.8 Å². The molecule has 1 saturated carbocycles. The maximum atomic E-state index is 13.5. The highest BCUT2D eigenvalue weighted by Gasteiger charge is 2.30. The number of methoxy groups -OCH3 is 1. The zero-order chi connectivity index (χ0) is 26.3. The third-order valence-electron chi connectivity index (χ3n) is 7.33. The van der Waals surface area contributed by atoms with Gasteiger partial charge in [-0.2, -0.15) is 0 Å². The number of amides is 1. The van der Waals surface area contributed by atoms with Gasteiger partial charge in [0, 0.05) is 45.8 Å². The van der Waals surface area contributed by atoms with Crippen LogP contribution in [0.25, 0.3) is 0 Å². The Labute approximate surface area is 220 Å². The van der Waals surface area contributed by atoms with Crippen LogP contribution in [0, 0.1) is 12.8 Å². The minimum absolute atomic E-state index is 0.0292. The van der Waals surface area contributed by atoms with Gasteiger partial charge in [0.05, 0.1) is 44.0 Å². The summed E-state index contributed by atoms with van der Waals surface area (Å²) in [5, 5.41) is 0.0292. The zero-order valence-corrected chi connectivity index (χ0v) is 22.9. The molecule has 9 nitrogen and oxygen atoms in total. The summed E-state index contributed by atoms with van der Waals surface area (Å²) < 4.78 is 39.3. The maximum absolute atomic E-state index is 13.5. The molecule has 1 aromatic heterocycles. The van der Waals surface area contributed by atoms with Crippen LogP contribution in [0.15, 0.2) is 35.6 Å². The van der Waals surface area contributed by atoms with Crippen molar-refractivity contribution in [1.29, 1.82) is 0 Å². The number of hydrogen-bond acceptors (Lipinski definition) is 7. The molecule has 1 amide bonds. The summed E-state index contributed by atoms with van der Waals surface area (Å²) in [6.45, 7) is 7.51. The first-order chi connectivity index (χ1) is 17.9. The molecular weight excluding hydrogens is 492 g/mol. The fourth-order valence-electron chi connectivity index (χ4n) is 5.14. The summed E-state index contributed by atoms with van der Waals surface area (Å²) >= 11 is 0. The maximum Gasteiger partial charge on any atom is 0.228 e. The molecule has 1 saturated heterocycles. The number of ether oxygens (including phenoxy) is 2. The molecule has 0 radical (unpaired) electrons. The number of imidazole rings is 1. The number of rotatable bonds is 12. The van der Waals surface area contributed by atoms with Crippen LogP contribution >= 0.6 is 0 Å². The predicted molar refractivity (Wildman–Crippen MR) is 141 cm³/mol. The number of benzene rings is 1. The Kier molecular flexibility index (Phi) is 9.75. The highest BCUT2D eigenvalue weighted by atomic mass is 32.2. The van der Waals surface area contributed by atoms with Crippen LogP contribution in [0.2, 0.25) is 0 Å². The van der Waals surface area contributed by atoms with Gasteiger partial charge in [0.1, 0.15) is 0 Å². The van der Waals surface area contributed by atoms with Gasteiger partial charge in [-0.3, -0.25) is 9.69 Å². The van der Waals surface area contributed by atoms with Crippen molar-refractivity contribution >= 4 is 15.7 Å². The lowest BCUT2D eigenvalue weighted by Crippen LogP contribution is -2.44. The average Bonchev–Trinajstić information content (AvgIpc) is 3.57. The molecule has 0 N–H and O–H groups in total. The van der Waals surface area contributed by atoms with E-state index in [-0.39, 0.29) is 22.7 Å². The van der Waals surface area contributed by atoms with Gasteiger partial charge in [0.25, 0.3) is 0 Å². The van der Waals surface area contributed by atoms with Crippen molar-refractivity contribution in [3.8, 4) is 0 Å². The van der Waals surface area contributed by atoms with Gasteiger partial charge >= 0.3 is 0 Å². The van der Waals surface area contributed by atoms with E-state index in [0.29, 0.717) is 45.1 Å². The third kappa shape index (κ3) is 7.40. The van der Waals surface area contributed by atoms with Gasteiger partial charge in [-0.1, -0.05) is 42.7 Å². The summed E-state index contributed by atoms with van der Waals surface area (Å²) in [5.74, 6) is 0.0810. The summed E-state index contributed by atoms with van der Waals surface area (Å²) in [5.41, 5.74) is 2.51. The highest BCUT2D eigenvalue weighted by molar-refractivity contribution is 7.90. The van der Waals surface area contributed by atoms with Crippen molar-refractivity contribution < 1.29 is 22.7 Å². The third-order valence-corrected chi connectivity index (χ3v) is 8.93. The molecule has 0 spiro atoms. The van der Waals surface area contributed by atoms with Crippen molar-refractivity contribution in [3.63, 3.8) is 0 Å². The molecule has 4 rings (SSSR count). The molecule has 10 heteroatoms. The Morgan fingerprint density at radius 1 is 1.14 bits per heavy atom. The number of aromatic nitrogens is 2. The van der Waals surface area contributed by atoms with E-state index < -0.39 is 9.84 Å². The molecule has 1 aliphatic heterocycles. The number of carbonyl (C=O) groups is 1. The summed E-state index contributed by atoms with van der Waals surface area (Å²) in [7, 11) is -2.10. The summed E-state index contributed by atoms with van der Waals surface area (Å²) in [4.78, 5) is 22.1. The van der Waals surface area contributed by atoms with E-state index in [0.717, 1.165) is 56.4 Å². The molecule has 1 aromatic carbocycles. The fourth-order valence-corrected chi connectivity index (χ4v) is 6.66. The molecule has 0 unspecified atom stereocenters. The first-order valence-electron chi connectivity index (χ1n) is 13.3. The van der Waals surface area contributed by atoms with Crippen LogP contribution in [0.1, 0.15) is 42.5 Å². The Morgan fingerprint density at radius 3 is 2.51 bits per heavy atom. The molecule has 2 aromatic rings. The van der Waals surface area contributed by atoms with Crippen LogP contribution in [-0.2, 0) is 42.9 Å². The molecule has 2 heterocycles. The number of sulfone groups is 1. The van der Waals surface area contributed by atoms with Crippen molar-refractivity contribution in [2.45, 2.75) is 56.6 Å². The van der Waals surface area contributed by atoms with Crippen molar-refractivity contribution in [3.05, 3.63) is 47.3 Å². The van der Waals surface area contributed by atoms with Gasteiger partial charge in [0.15, 0.2) is 0 Å². The van der Waals surface area contributed by atoms with E-state index in [4.69, 9.17) is 9.47 Å². The van der Waals surface area contributed by atoms with E-state index in [9.17, 15) is 13.2 Å². The van der Waals surface area contributed by atoms with Crippen LogP contribution in [0.4, 0.5) is 0 Å². The molecule has 0 bridgehead atoms. The average molecular weight is 533 g/mol. The number of nitrogens with zero attached hydrogens (tertiary/aromatic N) is 4. The smallest absolute Gasteiger partial charge is 0.228 e. The van der Waals surface area contributed by atoms with E-state index in [1.807, 2.05) is 36.1 Å². The minimum Gasteiger partial charge on any atom is -0.383 e. The van der Waals surface area contributed by atoms with Crippen LogP contribution in [0.3, 0.4) is 0 Å². The predicted octanol–water partition coefficient (Wildman–Crippen LogP) is 2.66. The summed E-state index contributed by atoms with van der Waals surface area (Å²) in [6.07, 6.45) is 5.63. The Morgan fingerprint density at radius 2 is 1.84 bits per heavy atom. The second-order valence-corrected chi connectivity index (χ2v) is 12.0. The van der Waals surface area contributed by atoms with Crippen molar-refractivity contribution in [2.75, 3.05) is 53.1 Å². The summed E-state index contributed by atoms with van der Waals surface area (Å²) in [6, 6.07) is 7.50. The molecule has 0 atom stereocenters. The first-order valence-corrected chi connectivity index (χ1v) is 14.9. The lowest BCUT2D eigenvalue weighted by molar-refractivity contribution is -0.136. The van der Waals surface area contributed by atoms with Gasteiger partial charge in [-0.05, 0) is 25.3 Å². The molecule has 204 valence electrons. The SMILES string of the molecule is COCCn1c(CN(CCN2CCOCC2)C(=O)C2CCCC2)cnc1S(=O)(=O)Cc1ccc(C)cc1. The van der Waals surface area contributed by atoms with Gasteiger partial charge < -0.3 is 18.9 Å². The largest absolute Gasteiger partial charge is 0.383 e. The van der Waals surface area contributed by atoms with Gasteiger partial charge in [-0.25, -0.2) is 13.4 Å². The highest BCUT2D eigenvalue weighted by Crippen LogP contribution is 2.28.